The fourth-order valence-corrected chi connectivity index (χ4v) is 0.541. The minimum absolute atomic E-state index is 0. The van der Waals surface area contributed by atoms with Gasteiger partial charge >= 0.3 is 0 Å². The predicted molar refractivity (Wildman–Crippen MR) is 33.6 cm³/mol. The van der Waals surface area contributed by atoms with Crippen LogP contribution in [0.2, 0.25) is 0 Å². The van der Waals surface area contributed by atoms with Crippen LogP contribution in [0.25, 0.3) is 0 Å². The second kappa shape index (κ2) is 4.01. The largest absolute Gasteiger partial charge is 0.506 e. The van der Waals surface area contributed by atoms with Gasteiger partial charge in [-0.3, -0.25) is 0 Å². The molecule has 0 aliphatic heterocycles. The molecule has 1 rings (SSSR count). The number of aromatic hydroxyl groups is 1. The van der Waals surface area contributed by atoms with Gasteiger partial charge in [-0.25, -0.2) is 0 Å². The molecule has 1 aromatic carbocycles. The van der Waals surface area contributed by atoms with Crippen molar-refractivity contribution in [1.82, 2.24) is 0 Å². The van der Waals surface area contributed by atoms with Gasteiger partial charge in [0, 0.05) is 16.5 Å². The van der Waals surface area contributed by atoms with Crippen molar-refractivity contribution in [3.63, 3.8) is 0 Å². The summed E-state index contributed by atoms with van der Waals surface area (Å²) in [6.45, 7) is 0. The Balaban J connectivity index is 0.000000810. The van der Waals surface area contributed by atoms with E-state index in [0.717, 1.165) is 0 Å². The fourth-order valence-electron chi connectivity index (χ4n) is 0.541. The molecule has 0 fully saturated rings. The Morgan fingerprint density at radius 1 is 1.30 bits per heavy atom. The van der Waals surface area contributed by atoms with Crippen LogP contribution in [0.5, 0.6) is 5.75 Å². The van der Waals surface area contributed by atoms with Gasteiger partial charge in [0.15, 0.2) is 0 Å². The van der Waals surface area contributed by atoms with Crippen LogP contribution < -0.4 is 0 Å². The Morgan fingerprint density at radius 3 is 2.30 bits per heavy atom. The van der Waals surface area contributed by atoms with Gasteiger partial charge in [-0.2, -0.15) is 0 Å². The molecule has 0 amide bonds. The molecule has 0 aliphatic carbocycles. The number of phenolic OH excluding ortho intramolecular Hbond substituents is 1. The van der Waals surface area contributed by atoms with E-state index in [0.29, 0.717) is 0 Å². The SMILES string of the molecule is O=Nc1ccccc1O.[Ni]. The Morgan fingerprint density at radius 2 is 1.90 bits per heavy atom. The Kier molecular flexibility index (Phi) is 3.66. The first kappa shape index (κ1) is 9.11. The van der Waals surface area contributed by atoms with E-state index in [2.05, 4.69) is 5.18 Å². The number of nitrogens with zero attached hydrogens (tertiary/aromatic N) is 1. The number of benzene rings is 1. The molecule has 0 saturated carbocycles. The maximum Gasteiger partial charge on any atom is 0.149 e. The van der Waals surface area contributed by atoms with Crippen LogP contribution in [0.15, 0.2) is 29.4 Å². The number of para-hydroxylation sites is 1. The molecule has 0 radical (unpaired) electrons. The molecule has 0 atom stereocenters. The summed E-state index contributed by atoms with van der Waals surface area (Å²) in [5.74, 6) is -0.0764. The van der Waals surface area contributed by atoms with E-state index in [-0.39, 0.29) is 27.9 Å². The predicted octanol–water partition coefficient (Wildman–Crippen LogP) is 1.79. The van der Waals surface area contributed by atoms with E-state index in [1.807, 2.05) is 0 Å². The van der Waals surface area contributed by atoms with Gasteiger partial charge in [0.25, 0.3) is 0 Å². The van der Waals surface area contributed by atoms with Gasteiger partial charge in [-0.15, -0.1) is 4.91 Å². The molecule has 3 nitrogen and oxygen atoms in total. The molecule has 0 bridgehead atoms. The quantitative estimate of drug-likeness (QED) is 0.531. The van der Waals surface area contributed by atoms with Crippen LogP contribution >= 0.6 is 0 Å². The van der Waals surface area contributed by atoms with Crippen LogP contribution in [0.3, 0.4) is 0 Å². The number of rotatable bonds is 1. The number of nitroso groups, excluding NO2 is 1. The summed E-state index contributed by atoms with van der Waals surface area (Å²) in [5, 5.41) is 11.4. The molecule has 1 N–H and O–H groups in total. The maximum atomic E-state index is 9.82. The molecule has 4 heteroatoms. The zero-order valence-electron chi connectivity index (χ0n) is 4.93. The minimum Gasteiger partial charge on any atom is -0.506 e. The van der Waals surface area contributed by atoms with E-state index in [1.165, 1.54) is 12.1 Å². The van der Waals surface area contributed by atoms with Crippen molar-refractivity contribution in [3.05, 3.63) is 29.2 Å². The van der Waals surface area contributed by atoms with Gasteiger partial charge < -0.3 is 5.11 Å². The summed E-state index contributed by atoms with van der Waals surface area (Å²) in [7, 11) is 0. The molecule has 0 aliphatic rings. The summed E-state index contributed by atoms with van der Waals surface area (Å²) >= 11 is 0. The number of phenols is 1. The van der Waals surface area contributed by atoms with Crippen LogP contribution in [0.4, 0.5) is 5.69 Å². The first-order chi connectivity index (χ1) is 4.34. The van der Waals surface area contributed by atoms with Gasteiger partial charge in [0.1, 0.15) is 11.4 Å². The third-order valence-electron chi connectivity index (χ3n) is 0.980. The molecule has 0 spiro atoms. The Bertz CT molecular complexity index is 227. The fraction of sp³-hybridized carbons (Fsp3) is 0. The van der Waals surface area contributed by atoms with E-state index in [4.69, 9.17) is 5.11 Å². The molecule has 0 unspecified atom stereocenters. The van der Waals surface area contributed by atoms with E-state index < -0.39 is 0 Å². The summed E-state index contributed by atoms with van der Waals surface area (Å²) in [6, 6.07) is 6.12. The second-order valence-corrected chi connectivity index (χ2v) is 1.58. The second-order valence-electron chi connectivity index (χ2n) is 1.58. The zero-order valence-corrected chi connectivity index (χ0v) is 5.92. The topological polar surface area (TPSA) is 49.7 Å². The van der Waals surface area contributed by atoms with Crippen molar-refractivity contribution in [1.29, 1.82) is 0 Å². The third-order valence-corrected chi connectivity index (χ3v) is 0.980. The average Bonchev–Trinajstić information content (AvgIpc) is 1.89. The average molecular weight is 182 g/mol. The van der Waals surface area contributed by atoms with Crippen LogP contribution in [0.1, 0.15) is 0 Å². The van der Waals surface area contributed by atoms with Crippen molar-refractivity contribution >= 4 is 5.69 Å². The number of hydrogen-bond donors (Lipinski definition) is 1. The third kappa shape index (κ3) is 1.81. The standard InChI is InChI=1S/C6H5NO2.Ni/c8-6-4-2-1-3-5(6)7-9;/h1-4,8H;. The van der Waals surface area contributed by atoms with Gasteiger partial charge in [0.05, 0.1) is 0 Å². The van der Waals surface area contributed by atoms with Crippen molar-refractivity contribution in [2.75, 3.05) is 0 Å². The molecule has 56 valence electrons. The Hall–Kier alpha value is -0.886. The normalized spacial score (nSPS) is 8.00. The van der Waals surface area contributed by atoms with Gasteiger partial charge in [0.2, 0.25) is 0 Å². The smallest absolute Gasteiger partial charge is 0.149 e. The molecular formula is C6H5NNiO2. The van der Waals surface area contributed by atoms with Crippen LogP contribution in [0, 0.1) is 4.91 Å². The van der Waals surface area contributed by atoms with Crippen LogP contribution in [-0.4, -0.2) is 5.11 Å². The molecular weight excluding hydrogens is 177 g/mol. The van der Waals surface area contributed by atoms with Crippen molar-refractivity contribution in [3.8, 4) is 5.75 Å². The van der Waals surface area contributed by atoms with E-state index in [1.54, 1.807) is 12.1 Å². The number of hydrogen-bond acceptors (Lipinski definition) is 3. The first-order valence-electron chi connectivity index (χ1n) is 2.46. The van der Waals surface area contributed by atoms with Crippen LogP contribution in [-0.2, 0) is 16.5 Å². The minimum atomic E-state index is -0.0764. The molecule has 0 saturated heterocycles. The molecule has 1 aromatic rings. The summed E-state index contributed by atoms with van der Waals surface area (Å²) in [5.41, 5.74) is 0.0810. The van der Waals surface area contributed by atoms with E-state index >= 15 is 0 Å². The molecule has 0 aromatic heterocycles. The maximum absolute atomic E-state index is 9.82. The Labute approximate surface area is 68.0 Å². The summed E-state index contributed by atoms with van der Waals surface area (Å²) < 4.78 is 0. The monoisotopic (exact) mass is 181 g/mol. The molecule has 10 heavy (non-hydrogen) atoms. The van der Waals surface area contributed by atoms with Crippen molar-refractivity contribution in [2.24, 2.45) is 5.18 Å². The van der Waals surface area contributed by atoms with Gasteiger partial charge in [-0.1, -0.05) is 12.1 Å². The summed E-state index contributed by atoms with van der Waals surface area (Å²) in [4.78, 5) is 9.82. The zero-order chi connectivity index (χ0) is 6.69. The van der Waals surface area contributed by atoms with Crippen molar-refractivity contribution in [2.45, 2.75) is 0 Å². The summed E-state index contributed by atoms with van der Waals surface area (Å²) in [6.07, 6.45) is 0. The molecule has 0 heterocycles. The van der Waals surface area contributed by atoms with E-state index in [9.17, 15) is 4.91 Å². The first-order valence-corrected chi connectivity index (χ1v) is 2.46. The van der Waals surface area contributed by atoms with Crippen molar-refractivity contribution < 1.29 is 21.6 Å². The van der Waals surface area contributed by atoms with Gasteiger partial charge in [-0.05, 0) is 17.3 Å².